The minimum absolute atomic E-state index is 0.142. The number of nitrogens with one attached hydrogen (secondary N) is 1. The number of para-hydroxylation sites is 2. The van der Waals surface area contributed by atoms with Gasteiger partial charge in [0.1, 0.15) is 12.4 Å². The summed E-state index contributed by atoms with van der Waals surface area (Å²) in [5.74, 6) is 0.468. The highest BCUT2D eigenvalue weighted by Gasteiger charge is 2.16. The van der Waals surface area contributed by atoms with Gasteiger partial charge in [-0.05, 0) is 49.2 Å². The highest BCUT2D eigenvalue weighted by atomic mass is 16.5. The zero-order valence-corrected chi connectivity index (χ0v) is 14.9. The second-order valence-electron chi connectivity index (χ2n) is 6.40. The third-order valence-electron chi connectivity index (χ3n) is 4.46. The number of anilines is 1. The van der Waals surface area contributed by atoms with Crippen LogP contribution in [-0.4, -0.2) is 35.0 Å². The van der Waals surface area contributed by atoms with Crippen molar-refractivity contribution in [3.05, 3.63) is 72.6 Å². The van der Waals surface area contributed by atoms with Gasteiger partial charge in [-0.25, -0.2) is 4.68 Å². The number of carbonyl (C=O) groups excluding carboxylic acids is 1. The zero-order chi connectivity index (χ0) is 18.5. The number of ether oxygens (including phenoxy) is 2. The molecule has 0 unspecified atom stereocenters. The Balaban J connectivity index is 1.46. The first kappa shape index (κ1) is 17.3. The zero-order valence-electron chi connectivity index (χ0n) is 14.9. The molecule has 1 amide bonds. The van der Waals surface area contributed by atoms with E-state index in [0.29, 0.717) is 23.6 Å². The molecule has 0 saturated carbocycles. The van der Waals surface area contributed by atoms with Crippen LogP contribution < -0.4 is 10.1 Å². The lowest BCUT2D eigenvalue weighted by molar-refractivity contribution is 0.0679. The molecule has 3 aromatic rings. The van der Waals surface area contributed by atoms with Crippen molar-refractivity contribution >= 4 is 11.6 Å². The summed E-state index contributed by atoms with van der Waals surface area (Å²) in [6.45, 7) is 1.30. The number of amides is 1. The van der Waals surface area contributed by atoms with Crippen molar-refractivity contribution in [3.63, 3.8) is 0 Å². The number of carbonyl (C=O) groups is 1. The quantitative estimate of drug-likeness (QED) is 0.725. The number of rotatable bonds is 6. The van der Waals surface area contributed by atoms with Crippen molar-refractivity contribution in [1.82, 2.24) is 9.78 Å². The van der Waals surface area contributed by atoms with E-state index in [1.165, 1.54) is 0 Å². The fraction of sp³-hybridized carbons (Fsp3) is 0.238. The lowest BCUT2D eigenvalue weighted by atomic mass is 10.2. The van der Waals surface area contributed by atoms with E-state index in [1.54, 1.807) is 23.0 Å². The van der Waals surface area contributed by atoms with E-state index in [-0.39, 0.29) is 12.0 Å². The summed E-state index contributed by atoms with van der Waals surface area (Å²) in [5, 5.41) is 7.20. The molecular formula is C21H21N3O3. The molecule has 1 aliphatic heterocycles. The van der Waals surface area contributed by atoms with Crippen molar-refractivity contribution in [1.29, 1.82) is 0 Å². The van der Waals surface area contributed by atoms with Crippen LogP contribution in [0.1, 0.15) is 23.2 Å². The fourth-order valence-corrected chi connectivity index (χ4v) is 3.08. The third-order valence-corrected chi connectivity index (χ3v) is 4.46. The summed E-state index contributed by atoms with van der Waals surface area (Å²) < 4.78 is 13.1. The molecular weight excluding hydrogens is 342 g/mol. The van der Waals surface area contributed by atoms with Crippen LogP contribution >= 0.6 is 0 Å². The lowest BCUT2D eigenvalue weighted by Crippen LogP contribution is -2.17. The molecule has 6 heteroatoms. The van der Waals surface area contributed by atoms with E-state index in [1.807, 2.05) is 48.7 Å². The van der Waals surface area contributed by atoms with E-state index in [9.17, 15) is 4.79 Å². The second-order valence-corrected chi connectivity index (χ2v) is 6.40. The molecule has 2 aromatic carbocycles. The van der Waals surface area contributed by atoms with Gasteiger partial charge in [0.15, 0.2) is 0 Å². The molecule has 0 aliphatic carbocycles. The van der Waals surface area contributed by atoms with Gasteiger partial charge in [-0.15, -0.1) is 0 Å². The average molecular weight is 363 g/mol. The molecule has 138 valence electrons. The van der Waals surface area contributed by atoms with Crippen LogP contribution in [0, 0.1) is 0 Å². The van der Waals surface area contributed by atoms with E-state index < -0.39 is 0 Å². The minimum Gasteiger partial charge on any atom is -0.491 e. The van der Waals surface area contributed by atoms with Crippen molar-refractivity contribution in [2.75, 3.05) is 18.5 Å². The largest absolute Gasteiger partial charge is 0.491 e. The Morgan fingerprint density at radius 1 is 1.22 bits per heavy atom. The topological polar surface area (TPSA) is 65.4 Å². The number of hydrogen-bond donors (Lipinski definition) is 1. The first-order valence-electron chi connectivity index (χ1n) is 9.04. The molecule has 4 rings (SSSR count). The molecule has 1 atom stereocenters. The molecule has 1 saturated heterocycles. The molecule has 27 heavy (non-hydrogen) atoms. The maximum absolute atomic E-state index is 12.7. The first-order valence-corrected chi connectivity index (χ1v) is 9.04. The highest BCUT2D eigenvalue weighted by Crippen LogP contribution is 2.21. The van der Waals surface area contributed by atoms with Crippen LogP contribution in [0.25, 0.3) is 5.69 Å². The summed E-state index contributed by atoms with van der Waals surface area (Å²) in [5.41, 5.74) is 2.04. The average Bonchev–Trinajstić information content (AvgIpc) is 3.41. The van der Waals surface area contributed by atoms with Gasteiger partial charge in [-0.2, -0.15) is 5.10 Å². The Kier molecular flexibility index (Phi) is 5.16. The molecule has 0 bridgehead atoms. The fourth-order valence-electron chi connectivity index (χ4n) is 3.08. The number of hydrogen-bond acceptors (Lipinski definition) is 4. The van der Waals surface area contributed by atoms with Gasteiger partial charge in [-0.3, -0.25) is 4.79 Å². The molecule has 0 radical (unpaired) electrons. The number of benzene rings is 2. The summed E-state index contributed by atoms with van der Waals surface area (Å²) >= 11 is 0. The summed E-state index contributed by atoms with van der Waals surface area (Å²) in [6.07, 6.45) is 5.78. The van der Waals surface area contributed by atoms with Crippen LogP contribution in [0.15, 0.2) is 67.0 Å². The van der Waals surface area contributed by atoms with Gasteiger partial charge in [0.25, 0.3) is 5.91 Å². The van der Waals surface area contributed by atoms with E-state index in [0.717, 1.165) is 25.1 Å². The minimum atomic E-state index is -0.197. The van der Waals surface area contributed by atoms with E-state index in [4.69, 9.17) is 9.47 Å². The third kappa shape index (κ3) is 4.17. The predicted molar refractivity (Wildman–Crippen MR) is 102 cm³/mol. The summed E-state index contributed by atoms with van der Waals surface area (Å²) in [6, 6.07) is 16.6. The summed E-state index contributed by atoms with van der Waals surface area (Å²) in [7, 11) is 0. The Morgan fingerprint density at radius 2 is 2.15 bits per heavy atom. The predicted octanol–water partition coefficient (Wildman–Crippen LogP) is 3.68. The molecule has 1 aliphatic rings. The Hall–Kier alpha value is -3.12. The van der Waals surface area contributed by atoms with Gasteiger partial charge in [0, 0.05) is 24.6 Å². The first-order chi connectivity index (χ1) is 13.3. The van der Waals surface area contributed by atoms with Crippen LogP contribution in [0.4, 0.5) is 5.69 Å². The lowest BCUT2D eigenvalue weighted by Gasteiger charge is -2.13. The van der Waals surface area contributed by atoms with Gasteiger partial charge in [0.05, 0.1) is 17.5 Å². The number of aromatic nitrogens is 2. The standard InChI is InChI=1S/C21H21N3O3/c25-21(23-19-9-1-2-10-20(19)24-12-5-11-22-24)16-6-3-7-17(14-16)27-15-18-8-4-13-26-18/h1-3,5-7,9-12,14,18H,4,8,13,15H2,(H,23,25)/t18-/m1/s1. The summed E-state index contributed by atoms with van der Waals surface area (Å²) in [4.78, 5) is 12.7. The van der Waals surface area contributed by atoms with Crippen molar-refractivity contribution in [3.8, 4) is 11.4 Å². The molecule has 0 spiro atoms. The Labute approximate surface area is 157 Å². The van der Waals surface area contributed by atoms with Crippen LogP contribution in [0.2, 0.25) is 0 Å². The van der Waals surface area contributed by atoms with Gasteiger partial charge >= 0.3 is 0 Å². The molecule has 1 aromatic heterocycles. The molecule has 1 fully saturated rings. The van der Waals surface area contributed by atoms with Crippen LogP contribution in [-0.2, 0) is 4.74 Å². The Bertz CT molecular complexity index is 903. The molecule has 6 nitrogen and oxygen atoms in total. The van der Waals surface area contributed by atoms with Crippen molar-refractivity contribution in [2.45, 2.75) is 18.9 Å². The van der Waals surface area contributed by atoms with Gasteiger partial charge in [0.2, 0.25) is 0 Å². The maximum atomic E-state index is 12.7. The highest BCUT2D eigenvalue weighted by molar-refractivity contribution is 6.05. The normalized spacial score (nSPS) is 16.2. The number of nitrogens with zero attached hydrogens (tertiary/aromatic N) is 2. The second kappa shape index (κ2) is 8.05. The maximum Gasteiger partial charge on any atom is 0.255 e. The van der Waals surface area contributed by atoms with Crippen molar-refractivity contribution < 1.29 is 14.3 Å². The SMILES string of the molecule is O=C(Nc1ccccc1-n1cccn1)c1cccc(OC[C@H]2CCCO2)c1. The monoisotopic (exact) mass is 363 g/mol. The smallest absolute Gasteiger partial charge is 0.255 e. The van der Waals surface area contributed by atoms with Gasteiger partial charge in [-0.1, -0.05) is 18.2 Å². The Morgan fingerprint density at radius 3 is 2.96 bits per heavy atom. The van der Waals surface area contributed by atoms with Gasteiger partial charge < -0.3 is 14.8 Å². The molecule has 2 heterocycles. The van der Waals surface area contributed by atoms with Crippen LogP contribution in [0.3, 0.4) is 0 Å². The van der Waals surface area contributed by atoms with E-state index >= 15 is 0 Å². The van der Waals surface area contributed by atoms with E-state index in [2.05, 4.69) is 10.4 Å². The van der Waals surface area contributed by atoms with Crippen molar-refractivity contribution in [2.24, 2.45) is 0 Å². The van der Waals surface area contributed by atoms with Crippen LogP contribution in [0.5, 0.6) is 5.75 Å². The molecule has 1 N–H and O–H groups in total.